The van der Waals surface area contributed by atoms with Gasteiger partial charge in [0.1, 0.15) is 0 Å². The summed E-state index contributed by atoms with van der Waals surface area (Å²) in [5.41, 5.74) is 1.86. The Bertz CT molecular complexity index is 1280. The van der Waals surface area contributed by atoms with Gasteiger partial charge >= 0.3 is 0 Å². The number of nitrogens with one attached hydrogen (secondary N) is 1. The van der Waals surface area contributed by atoms with E-state index >= 15 is 0 Å². The van der Waals surface area contributed by atoms with Gasteiger partial charge in [0.15, 0.2) is 15.6 Å². The van der Waals surface area contributed by atoms with Crippen molar-refractivity contribution in [2.24, 2.45) is 17.3 Å². The van der Waals surface area contributed by atoms with Gasteiger partial charge < -0.3 is 10.2 Å². The predicted molar refractivity (Wildman–Crippen MR) is 152 cm³/mol. The number of benzene rings is 2. The first-order chi connectivity index (χ1) is 18.6. The summed E-state index contributed by atoms with van der Waals surface area (Å²) in [5.74, 6) is 0.971. The summed E-state index contributed by atoms with van der Waals surface area (Å²) in [4.78, 5) is 31.9. The first-order valence-electron chi connectivity index (χ1n) is 14.2. The number of ketones is 1. The second-order valence-corrected chi connectivity index (χ2v) is 14.1. The molecule has 0 bridgehead atoms. The minimum atomic E-state index is -3.24. The molecule has 7 nitrogen and oxygen atoms in total. The van der Waals surface area contributed by atoms with Crippen LogP contribution in [0.3, 0.4) is 0 Å². The van der Waals surface area contributed by atoms with E-state index in [9.17, 15) is 18.0 Å². The zero-order valence-electron chi connectivity index (χ0n) is 23.3. The molecule has 2 aromatic rings. The predicted octanol–water partition coefficient (Wildman–Crippen LogP) is 3.50. The van der Waals surface area contributed by atoms with Crippen molar-refractivity contribution in [2.45, 2.75) is 56.5 Å². The van der Waals surface area contributed by atoms with E-state index in [0.29, 0.717) is 29.7 Å². The van der Waals surface area contributed by atoms with Crippen LogP contribution in [0.25, 0.3) is 0 Å². The smallest absolute Gasteiger partial charge is 0.229 e. The molecule has 1 spiro atoms. The molecule has 1 amide bonds. The number of likely N-dealkylation sites (tertiary alicyclic amines) is 2. The Morgan fingerprint density at radius 3 is 2.23 bits per heavy atom. The van der Waals surface area contributed by atoms with Crippen molar-refractivity contribution in [3.8, 4) is 0 Å². The topological polar surface area (TPSA) is 86.8 Å². The first kappa shape index (κ1) is 28.0. The number of carbonyl (C=O) groups excluding carboxylic acids is 2. The molecule has 1 unspecified atom stereocenters. The maximum absolute atomic E-state index is 13.7. The lowest BCUT2D eigenvalue weighted by atomic mass is 9.74. The van der Waals surface area contributed by atoms with Crippen molar-refractivity contribution >= 4 is 21.5 Å². The van der Waals surface area contributed by atoms with E-state index < -0.39 is 9.84 Å². The van der Waals surface area contributed by atoms with Gasteiger partial charge in [0.2, 0.25) is 5.91 Å². The van der Waals surface area contributed by atoms with Crippen molar-refractivity contribution in [3.05, 3.63) is 65.7 Å². The minimum absolute atomic E-state index is 0.0411. The van der Waals surface area contributed by atoms with E-state index in [1.165, 1.54) is 11.8 Å². The van der Waals surface area contributed by atoms with Crippen LogP contribution in [0.1, 0.15) is 50.2 Å². The second kappa shape index (κ2) is 11.1. The van der Waals surface area contributed by atoms with E-state index in [1.54, 1.807) is 24.3 Å². The van der Waals surface area contributed by atoms with Gasteiger partial charge in [-0.15, -0.1) is 0 Å². The standard InChI is InChI=1S/C31H41N3O4S/c1-22(2)29(35)28(27-20-32-19-26(27)24-7-5-4-6-8-24)33-16-13-31(14-17-33)15-18-34(30(31)36)21-23-9-11-25(12-10-23)39(3,37)38/h4-12,22,26-28,32H,13-21H2,1-3H3/t26-,27-,28?/m1/s1. The normalized spacial score (nSPS) is 24.5. The molecule has 3 aliphatic rings. The highest BCUT2D eigenvalue weighted by Gasteiger charge is 2.50. The highest BCUT2D eigenvalue weighted by molar-refractivity contribution is 7.90. The van der Waals surface area contributed by atoms with Crippen LogP contribution in [0.4, 0.5) is 0 Å². The summed E-state index contributed by atoms with van der Waals surface area (Å²) in [6.45, 7) is 8.43. The molecule has 3 atom stereocenters. The number of carbonyl (C=O) groups is 2. The number of hydrogen-bond donors (Lipinski definition) is 1. The SMILES string of the molecule is CC(C)C(=O)C([C@@H]1CNC[C@@H]1c1ccccc1)N1CCC2(CCN(Cc3ccc(S(C)(=O)=O)cc3)C2=O)CC1. The van der Waals surface area contributed by atoms with Crippen LogP contribution in [0.2, 0.25) is 0 Å². The van der Waals surface area contributed by atoms with Crippen LogP contribution < -0.4 is 5.32 Å². The number of piperidine rings is 1. The Kier molecular flexibility index (Phi) is 8.00. The highest BCUT2D eigenvalue weighted by atomic mass is 32.2. The van der Waals surface area contributed by atoms with Gasteiger partial charge in [-0.05, 0) is 55.6 Å². The fourth-order valence-electron chi connectivity index (χ4n) is 6.90. The van der Waals surface area contributed by atoms with Gasteiger partial charge in [0.05, 0.1) is 16.4 Å². The van der Waals surface area contributed by atoms with Gasteiger partial charge in [-0.2, -0.15) is 0 Å². The maximum atomic E-state index is 13.7. The lowest BCUT2D eigenvalue weighted by Gasteiger charge is -2.44. The van der Waals surface area contributed by atoms with Crippen LogP contribution in [0, 0.1) is 17.3 Å². The fourth-order valence-corrected chi connectivity index (χ4v) is 7.53. The van der Waals surface area contributed by atoms with E-state index in [4.69, 9.17) is 0 Å². The van der Waals surface area contributed by atoms with Crippen molar-refractivity contribution in [3.63, 3.8) is 0 Å². The number of rotatable bonds is 8. The maximum Gasteiger partial charge on any atom is 0.229 e. The van der Waals surface area contributed by atoms with Crippen molar-refractivity contribution in [2.75, 3.05) is 39.0 Å². The molecule has 0 radical (unpaired) electrons. The average molecular weight is 552 g/mol. The minimum Gasteiger partial charge on any atom is -0.338 e. The third-order valence-electron chi connectivity index (χ3n) is 9.23. The van der Waals surface area contributed by atoms with Crippen LogP contribution >= 0.6 is 0 Å². The summed E-state index contributed by atoms with van der Waals surface area (Å²) >= 11 is 0. The number of amides is 1. The Hall–Kier alpha value is -2.55. The Balaban J connectivity index is 1.27. The van der Waals surface area contributed by atoms with Gasteiger partial charge in [-0.1, -0.05) is 56.3 Å². The van der Waals surface area contributed by atoms with Crippen LogP contribution in [-0.4, -0.2) is 74.9 Å². The number of hydrogen-bond acceptors (Lipinski definition) is 6. The number of nitrogens with zero attached hydrogens (tertiary/aromatic N) is 2. The van der Waals surface area contributed by atoms with Gasteiger partial charge in [0, 0.05) is 50.2 Å². The summed E-state index contributed by atoms with van der Waals surface area (Å²) < 4.78 is 23.6. The van der Waals surface area contributed by atoms with Crippen LogP contribution in [-0.2, 0) is 26.0 Å². The third-order valence-corrected chi connectivity index (χ3v) is 10.4. The first-order valence-corrected chi connectivity index (χ1v) is 16.1. The molecule has 210 valence electrons. The quantitative estimate of drug-likeness (QED) is 0.541. The average Bonchev–Trinajstić information content (AvgIpc) is 3.51. The monoisotopic (exact) mass is 551 g/mol. The summed E-state index contributed by atoms with van der Waals surface area (Å²) in [6, 6.07) is 17.2. The summed E-state index contributed by atoms with van der Waals surface area (Å²) in [7, 11) is -3.24. The van der Waals surface area contributed by atoms with E-state index in [0.717, 1.165) is 51.0 Å². The van der Waals surface area contributed by atoms with E-state index in [-0.39, 0.29) is 29.2 Å². The molecule has 0 aromatic heterocycles. The van der Waals surface area contributed by atoms with Crippen LogP contribution in [0.5, 0.6) is 0 Å². The largest absolute Gasteiger partial charge is 0.338 e. The molecule has 3 fully saturated rings. The Morgan fingerprint density at radius 1 is 0.974 bits per heavy atom. The van der Waals surface area contributed by atoms with E-state index in [2.05, 4.69) is 34.5 Å². The lowest BCUT2D eigenvalue weighted by molar-refractivity contribution is -0.140. The van der Waals surface area contributed by atoms with E-state index in [1.807, 2.05) is 24.8 Å². The molecule has 3 heterocycles. The lowest BCUT2D eigenvalue weighted by Crippen LogP contribution is -2.55. The molecule has 8 heteroatoms. The third kappa shape index (κ3) is 5.70. The molecule has 3 saturated heterocycles. The second-order valence-electron chi connectivity index (χ2n) is 12.1. The summed E-state index contributed by atoms with van der Waals surface area (Å²) in [6.07, 6.45) is 3.58. The van der Waals surface area contributed by atoms with Crippen LogP contribution in [0.15, 0.2) is 59.5 Å². The van der Waals surface area contributed by atoms with Crippen molar-refractivity contribution in [1.29, 1.82) is 0 Å². The molecule has 39 heavy (non-hydrogen) atoms. The zero-order valence-corrected chi connectivity index (χ0v) is 24.1. The zero-order chi connectivity index (χ0) is 27.8. The number of Topliss-reactive ketones (excluding diaryl/α,β-unsaturated/α-hetero) is 1. The molecule has 2 aromatic carbocycles. The number of sulfone groups is 1. The van der Waals surface area contributed by atoms with Gasteiger partial charge in [0.25, 0.3) is 0 Å². The molecule has 0 saturated carbocycles. The molecular formula is C31H41N3O4S. The molecule has 0 aliphatic carbocycles. The fraction of sp³-hybridized carbons (Fsp3) is 0.548. The van der Waals surface area contributed by atoms with Crippen molar-refractivity contribution in [1.82, 2.24) is 15.1 Å². The van der Waals surface area contributed by atoms with Crippen molar-refractivity contribution < 1.29 is 18.0 Å². The molecule has 1 N–H and O–H groups in total. The molecule has 5 rings (SSSR count). The summed E-state index contributed by atoms with van der Waals surface area (Å²) in [5, 5.41) is 3.56. The van der Waals surface area contributed by atoms with Gasteiger partial charge in [-0.25, -0.2) is 8.42 Å². The molecular weight excluding hydrogens is 510 g/mol. The molecule has 3 aliphatic heterocycles. The Labute approximate surface area is 232 Å². The van der Waals surface area contributed by atoms with Gasteiger partial charge in [-0.3, -0.25) is 14.5 Å². The Morgan fingerprint density at radius 2 is 1.62 bits per heavy atom. The highest BCUT2D eigenvalue weighted by Crippen LogP contribution is 2.44.